The van der Waals surface area contributed by atoms with Crippen LogP contribution in [0.2, 0.25) is 5.15 Å². The number of rotatable bonds is 6. The summed E-state index contributed by atoms with van der Waals surface area (Å²) >= 11 is 6.51. The quantitative estimate of drug-likeness (QED) is 0.627. The average Bonchev–Trinajstić information content (AvgIpc) is 2.95. The second-order valence-corrected chi connectivity index (χ2v) is 7.14. The van der Waals surface area contributed by atoms with Gasteiger partial charge in [-0.15, -0.1) is 0 Å². The minimum absolute atomic E-state index is 0.133. The fourth-order valence-corrected chi connectivity index (χ4v) is 3.16. The van der Waals surface area contributed by atoms with Crippen LogP contribution in [0, 0.1) is 13.8 Å². The second-order valence-electron chi connectivity index (χ2n) is 6.78. The summed E-state index contributed by atoms with van der Waals surface area (Å²) in [5.41, 5.74) is 4.80. The van der Waals surface area contributed by atoms with Crippen molar-refractivity contribution in [2.45, 2.75) is 33.4 Å². The van der Waals surface area contributed by atoms with E-state index < -0.39 is 0 Å². The van der Waals surface area contributed by atoms with Gasteiger partial charge in [0.05, 0.1) is 18.3 Å². The maximum absolute atomic E-state index is 12.3. The molecule has 1 atom stereocenters. The monoisotopic (exact) mass is 394 g/mol. The number of aryl methyl sites for hydroxylation is 2. The molecule has 1 aromatic carbocycles. The fraction of sp³-hybridized carbons (Fsp3) is 0.227. The number of hydrogen-bond donors (Lipinski definition) is 1. The number of halogens is 1. The van der Waals surface area contributed by atoms with E-state index in [9.17, 15) is 4.79 Å². The Morgan fingerprint density at radius 1 is 1.25 bits per heavy atom. The maximum Gasteiger partial charge on any atom is 0.244 e. The lowest BCUT2D eigenvalue weighted by Gasteiger charge is -2.11. The van der Waals surface area contributed by atoms with Crippen LogP contribution in [0.5, 0.6) is 0 Å². The summed E-state index contributed by atoms with van der Waals surface area (Å²) in [6.45, 7) is 6.43. The van der Waals surface area contributed by atoms with Crippen molar-refractivity contribution in [3.8, 4) is 0 Å². The van der Waals surface area contributed by atoms with Crippen LogP contribution in [0.25, 0.3) is 6.08 Å². The fourth-order valence-electron chi connectivity index (χ4n) is 2.86. The Bertz CT molecular complexity index is 978. The SMILES string of the molecule is Cc1ccc(Cn2nc(C)c(/C=C/C(=O)NC(C)c3cccnc3)c2Cl)cc1. The second kappa shape index (κ2) is 8.85. The Balaban J connectivity index is 1.69. The molecule has 5 nitrogen and oxygen atoms in total. The minimum atomic E-state index is -0.196. The molecule has 0 saturated carbocycles. The van der Waals surface area contributed by atoms with Gasteiger partial charge in [0.1, 0.15) is 5.15 Å². The number of hydrogen-bond acceptors (Lipinski definition) is 3. The highest BCUT2D eigenvalue weighted by Gasteiger charge is 2.12. The van der Waals surface area contributed by atoms with E-state index >= 15 is 0 Å². The largest absolute Gasteiger partial charge is 0.346 e. The van der Waals surface area contributed by atoms with Gasteiger partial charge >= 0.3 is 0 Å². The Morgan fingerprint density at radius 2 is 2.00 bits per heavy atom. The smallest absolute Gasteiger partial charge is 0.244 e. The molecule has 0 radical (unpaired) electrons. The molecule has 28 heavy (non-hydrogen) atoms. The van der Waals surface area contributed by atoms with Gasteiger partial charge in [0, 0.05) is 24.0 Å². The number of carbonyl (C=O) groups excluding carboxylic acids is 1. The molecule has 0 spiro atoms. The zero-order valence-corrected chi connectivity index (χ0v) is 16.9. The Hall–Kier alpha value is -2.92. The summed E-state index contributed by atoms with van der Waals surface area (Å²) in [6.07, 6.45) is 6.64. The first kappa shape index (κ1) is 19.8. The van der Waals surface area contributed by atoms with E-state index in [1.165, 1.54) is 11.6 Å². The zero-order chi connectivity index (χ0) is 20.1. The highest BCUT2D eigenvalue weighted by molar-refractivity contribution is 6.31. The normalized spacial score (nSPS) is 12.3. The van der Waals surface area contributed by atoms with Crippen LogP contribution in [-0.2, 0) is 11.3 Å². The van der Waals surface area contributed by atoms with E-state index in [4.69, 9.17) is 11.6 Å². The Kier molecular flexibility index (Phi) is 6.26. The van der Waals surface area contributed by atoms with Gasteiger partial charge in [-0.3, -0.25) is 9.78 Å². The summed E-state index contributed by atoms with van der Waals surface area (Å²) in [5.74, 6) is -0.196. The molecule has 2 aromatic heterocycles. The van der Waals surface area contributed by atoms with Crippen LogP contribution in [0.4, 0.5) is 0 Å². The number of nitrogens with zero attached hydrogens (tertiary/aromatic N) is 3. The molecular weight excluding hydrogens is 372 g/mol. The highest BCUT2D eigenvalue weighted by Crippen LogP contribution is 2.22. The zero-order valence-electron chi connectivity index (χ0n) is 16.2. The number of carbonyl (C=O) groups is 1. The molecule has 0 saturated heterocycles. The van der Waals surface area contributed by atoms with Crippen molar-refractivity contribution in [2.75, 3.05) is 0 Å². The molecule has 0 aliphatic carbocycles. The van der Waals surface area contributed by atoms with Crippen molar-refractivity contribution in [1.29, 1.82) is 0 Å². The lowest BCUT2D eigenvalue weighted by molar-refractivity contribution is -0.117. The summed E-state index contributed by atoms with van der Waals surface area (Å²) < 4.78 is 1.75. The summed E-state index contributed by atoms with van der Waals surface area (Å²) in [7, 11) is 0. The molecule has 0 aliphatic rings. The van der Waals surface area contributed by atoms with E-state index in [0.29, 0.717) is 11.7 Å². The van der Waals surface area contributed by atoms with Gasteiger partial charge in [0.2, 0.25) is 5.91 Å². The van der Waals surface area contributed by atoms with Gasteiger partial charge in [-0.2, -0.15) is 5.10 Å². The van der Waals surface area contributed by atoms with Gasteiger partial charge in [0.15, 0.2) is 0 Å². The third-order valence-corrected chi connectivity index (χ3v) is 4.91. The van der Waals surface area contributed by atoms with E-state index in [1.807, 2.05) is 26.0 Å². The van der Waals surface area contributed by atoms with Crippen molar-refractivity contribution in [3.63, 3.8) is 0 Å². The van der Waals surface area contributed by atoms with Crippen molar-refractivity contribution in [2.24, 2.45) is 0 Å². The third kappa shape index (κ3) is 4.87. The predicted molar refractivity (Wildman–Crippen MR) is 112 cm³/mol. The lowest BCUT2D eigenvalue weighted by Crippen LogP contribution is -2.24. The topological polar surface area (TPSA) is 59.8 Å². The molecule has 1 N–H and O–H groups in total. The predicted octanol–water partition coefficient (Wildman–Crippen LogP) is 4.49. The number of aromatic nitrogens is 3. The van der Waals surface area contributed by atoms with Gasteiger partial charge < -0.3 is 5.32 Å². The molecular formula is C22H23ClN4O. The van der Waals surface area contributed by atoms with Crippen LogP contribution in [0.1, 0.15) is 40.9 Å². The van der Waals surface area contributed by atoms with Gasteiger partial charge in [-0.1, -0.05) is 47.5 Å². The van der Waals surface area contributed by atoms with Crippen molar-refractivity contribution in [1.82, 2.24) is 20.1 Å². The molecule has 1 unspecified atom stereocenters. The molecule has 3 rings (SSSR count). The van der Waals surface area contributed by atoms with Crippen molar-refractivity contribution >= 4 is 23.6 Å². The van der Waals surface area contributed by atoms with E-state index in [2.05, 4.69) is 46.6 Å². The first-order valence-corrected chi connectivity index (χ1v) is 9.49. The third-order valence-electron chi connectivity index (χ3n) is 4.51. The minimum Gasteiger partial charge on any atom is -0.346 e. The number of nitrogens with one attached hydrogen (secondary N) is 1. The van der Waals surface area contributed by atoms with Crippen molar-refractivity contribution in [3.05, 3.63) is 88.0 Å². The van der Waals surface area contributed by atoms with Crippen molar-refractivity contribution < 1.29 is 4.79 Å². The van der Waals surface area contributed by atoms with Gasteiger partial charge in [0.25, 0.3) is 0 Å². The van der Waals surface area contributed by atoms with E-state index in [0.717, 1.165) is 22.4 Å². The molecule has 0 bridgehead atoms. The molecule has 144 valence electrons. The Labute approximate surface area is 170 Å². The molecule has 2 heterocycles. The maximum atomic E-state index is 12.3. The molecule has 0 aliphatic heterocycles. The lowest BCUT2D eigenvalue weighted by atomic mass is 10.1. The standard InChI is InChI=1S/C22H23ClN4O/c1-15-6-8-18(9-7-15)14-27-22(23)20(17(3)26-27)10-11-21(28)25-16(2)19-5-4-12-24-13-19/h4-13,16H,14H2,1-3H3,(H,25,28)/b11-10+. The summed E-state index contributed by atoms with van der Waals surface area (Å²) in [5, 5.41) is 7.95. The molecule has 3 aromatic rings. The molecule has 6 heteroatoms. The number of benzene rings is 1. The summed E-state index contributed by atoms with van der Waals surface area (Å²) in [4.78, 5) is 16.3. The molecule has 1 amide bonds. The van der Waals surface area contributed by atoms with Crippen LogP contribution in [0.15, 0.2) is 54.9 Å². The van der Waals surface area contributed by atoms with Crippen LogP contribution < -0.4 is 5.32 Å². The first-order chi connectivity index (χ1) is 13.4. The Morgan fingerprint density at radius 3 is 2.68 bits per heavy atom. The van der Waals surface area contributed by atoms with E-state index in [-0.39, 0.29) is 11.9 Å². The van der Waals surface area contributed by atoms with Crippen LogP contribution in [0.3, 0.4) is 0 Å². The highest BCUT2D eigenvalue weighted by atomic mass is 35.5. The molecule has 0 fully saturated rings. The van der Waals surface area contributed by atoms with Gasteiger partial charge in [-0.25, -0.2) is 4.68 Å². The summed E-state index contributed by atoms with van der Waals surface area (Å²) in [6, 6.07) is 11.9. The first-order valence-electron chi connectivity index (χ1n) is 9.11. The van der Waals surface area contributed by atoms with E-state index in [1.54, 1.807) is 23.2 Å². The van der Waals surface area contributed by atoms with Crippen LogP contribution in [-0.4, -0.2) is 20.7 Å². The average molecular weight is 395 g/mol. The van der Waals surface area contributed by atoms with Crippen LogP contribution >= 0.6 is 11.6 Å². The number of amides is 1. The van der Waals surface area contributed by atoms with Gasteiger partial charge in [-0.05, 0) is 44.0 Å². The number of pyridine rings is 1.